The molecule has 0 bridgehead atoms. The van der Waals surface area contributed by atoms with Crippen LogP contribution in [0.5, 0.6) is 11.5 Å². The first-order chi connectivity index (χ1) is 15.3. The van der Waals surface area contributed by atoms with Crippen molar-refractivity contribution in [2.75, 3.05) is 32.8 Å². The first-order valence-corrected chi connectivity index (χ1v) is 11.8. The molecule has 1 aliphatic heterocycles. The molecule has 1 aromatic carbocycles. The van der Waals surface area contributed by atoms with E-state index in [0.717, 1.165) is 51.7 Å². The molecule has 1 amide bonds. The van der Waals surface area contributed by atoms with Crippen molar-refractivity contribution < 1.29 is 24.5 Å². The second-order valence-corrected chi connectivity index (χ2v) is 8.28. The van der Waals surface area contributed by atoms with E-state index in [1.54, 1.807) is 17.0 Å². The highest BCUT2D eigenvalue weighted by molar-refractivity contribution is 6.08. The summed E-state index contributed by atoms with van der Waals surface area (Å²) in [4.78, 5) is 29.2. The average molecular weight is 447 g/mol. The molecule has 1 atom stereocenters. The van der Waals surface area contributed by atoms with Gasteiger partial charge in [-0.25, -0.2) is 0 Å². The Morgan fingerprint density at radius 2 is 1.69 bits per heavy atom. The van der Waals surface area contributed by atoms with Crippen LogP contribution in [0.3, 0.4) is 0 Å². The summed E-state index contributed by atoms with van der Waals surface area (Å²) in [5.74, 6) is -1.08. The Bertz CT molecular complexity index is 813. The van der Waals surface area contributed by atoms with Crippen LogP contribution in [0.1, 0.15) is 71.4 Å². The number of unbranched alkanes of at least 4 members (excludes halogenated alkanes) is 2. The maximum Gasteiger partial charge on any atom is 0.290 e. The normalized spacial score (nSPS) is 16.3. The van der Waals surface area contributed by atoms with Crippen molar-refractivity contribution in [1.82, 2.24) is 9.80 Å². The number of nitrogens with zero attached hydrogens (tertiary/aromatic N) is 2. The Labute approximate surface area is 191 Å². The maximum atomic E-state index is 12.9. The van der Waals surface area contributed by atoms with Crippen molar-refractivity contribution in [2.24, 2.45) is 0 Å². The van der Waals surface area contributed by atoms with Gasteiger partial charge in [0.1, 0.15) is 0 Å². The molecule has 32 heavy (non-hydrogen) atoms. The van der Waals surface area contributed by atoms with Gasteiger partial charge in [-0.15, -0.1) is 0 Å². The Morgan fingerprint density at radius 3 is 2.25 bits per heavy atom. The van der Waals surface area contributed by atoms with Gasteiger partial charge in [0.25, 0.3) is 5.91 Å². The first kappa shape index (κ1) is 25.7. The van der Waals surface area contributed by atoms with Gasteiger partial charge in [0.15, 0.2) is 23.0 Å². The SMILES string of the molecule is CCCCN(CCCC)CCCN1C(=O)C(O)=C(C(C)=O)[C@H]1c1ccc(O)c(OCC)c1. The molecule has 0 aliphatic carbocycles. The highest BCUT2D eigenvalue weighted by atomic mass is 16.5. The van der Waals surface area contributed by atoms with Crippen LogP contribution in [-0.2, 0) is 9.59 Å². The number of hydrogen-bond acceptors (Lipinski definition) is 6. The van der Waals surface area contributed by atoms with Gasteiger partial charge in [0.05, 0.1) is 18.2 Å². The summed E-state index contributed by atoms with van der Waals surface area (Å²) in [6.07, 6.45) is 5.29. The lowest BCUT2D eigenvalue weighted by Gasteiger charge is -2.28. The van der Waals surface area contributed by atoms with Crippen LogP contribution in [0.15, 0.2) is 29.5 Å². The predicted molar refractivity (Wildman–Crippen MR) is 125 cm³/mol. The number of amides is 1. The zero-order chi connectivity index (χ0) is 23.7. The number of ether oxygens (including phenoxy) is 1. The molecule has 1 aliphatic rings. The van der Waals surface area contributed by atoms with Crippen molar-refractivity contribution in [3.05, 3.63) is 35.1 Å². The van der Waals surface area contributed by atoms with Crippen LogP contribution in [0.2, 0.25) is 0 Å². The highest BCUT2D eigenvalue weighted by Gasteiger charge is 2.42. The molecule has 0 saturated heterocycles. The largest absolute Gasteiger partial charge is 0.504 e. The van der Waals surface area contributed by atoms with E-state index < -0.39 is 17.7 Å². The summed E-state index contributed by atoms with van der Waals surface area (Å²) < 4.78 is 5.49. The lowest BCUT2D eigenvalue weighted by Crippen LogP contribution is -2.35. The Kier molecular flexibility index (Phi) is 10.0. The third kappa shape index (κ3) is 6.25. The van der Waals surface area contributed by atoms with Crippen molar-refractivity contribution in [2.45, 2.75) is 65.8 Å². The molecule has 2 N–H and O–H groups in total. The number of carbonyl (C=O) groups is 2. The Balaban J connectivity index is 2.23. The van der Waals surface area contributed by atoms with Crippen molar-refractivity contribution in [3.8, 4) is 11.5 Å². The van der Waals surface area contributed by atoms with Gasteiger partial charge in [0, 0.05) is 6.54 Å². The van der Waals surface area contributed by atoms with E-state index >= 15 is 0 Å². The van der Waals surface area contributed by atoms with E-state index in [2.05, 4.69) is 18.7 Å². The van der Waals surface area contributed by atoms with E-state index in [-0.39, 0.29) is 22.9 Å². The zero-order valence-electron chi connectivity index (χ0n) is 19.9. The zero-order valence-corrected chi connectivity index (χ0v) is 19.9. The predicted octanol–water partition coefficient (Wildman–Crippen LogP) is 4.37. The molecule has 7 heteroatoms. The third-order valence-corrected chi connectivity index (χ3v) is 5.81. The molecule has 1 aromatic rings. The van der Waals surface area contributed by atoms with Crippen molar-refractivity contribution in [3.63, 3.8) is 0 Å². The van der Waals surface area contributed by atoms with Gasteiger partial charge >= 0.3 is 0 Å². The number of aliphatic hydroxyl groups is 1. The van der Waals surface area contributed by atoms with Crippen LogP contribution in [0, 0.1) is 0 Å². The third-order valence-electron chi connectivity index (χ3n) is 5.81. The lowest BCUT2D eigenvalue weighted by atomic mass is 9.96. The Morgan fingerprint density at radius 1 is 1.06 bits per heavy atom. The minimum atomic E-state index is -0.695. The summed E-state index contributed by atoms with van der Waals surface area (Å²) in [5, 5.41) is 20.5. The van der Waals surface area contributed by atoms with Gasteiger partial charge in [-0.2, -0.15) is 0 Å². The number of Topliss-reactive ketones (excluding diaryl/α,β-unsaturated/α-hetero) is 1. The van der Waals surface area contributed by atoms with Gasteiger partial charge in [-0.05, 0) is 70.4 Å². The number of carbonyl (C=O) groups excluding carboxylic acids is 2. The van der Waals surface area contributed by atoms with Crippen LogP contribution in [0.4, 0.5) is 0 Å². The topological polar surface area (TPSA) is 90.3 Å². The molecule has 0 spiro atoms. The monoisotopic (exact) mass is 446 g/mol. The van der Waals surface area contributed by atoms with Crippen molar-refractivity contribution >= 4 is 11.7 Å². The number of benzene rings is 1. The molecule has 2 rings (SSSR count). The van der Waals surface area contributed by atoms with E-state index in [9.17, 15) is 19.8 Å². The average Bonchev–Trinajstić information content (AvgIpc) is 3.02. The minimum absolute atomic E-state index is 0.00783. The minimum Gasteiger partial charge on any atom is -0.504 e. The molecule has 0 unspecified atom stereocenters. The molecule has 1 heterocycles. The number of rotatable bonds is 14. The number of aromatic hydroxyl groups is 1. The van der Waals surface area contributed by atoms with Gasteiger partial charge in [-0.1, -0.05) is 32.8 Å². The van der Waals surface area contributed by atoms with E-state index in [4.69, 9.17) is 4.74 Å². The molecular formula is C25H38N2O5. The van der Waals surface area contributed by atoms with E-state index in [1.165, 1.54) is 13.0 Å². The summed E-state index contributed by atoms with van der Waals surface area (Å²) in [6, 6.07) is 4.10. The highest BCUT2D eigenvalue weighted by Crippen LogP contribution is 2.40. The fraction of sp³-hybridized carbons (Fsp3) is 0.600. The molecule has 178 valence electrons. The number of phenols is 1. The summed E-state index contributed by atoms with van der Waals surface area (Å²) >= 11 is 0. The molecule has 0 radical (unpaired) electrons. The standard InChI is InChI=1S/C25H38N2O5/c1-5-8-13-26(14-9-6-2)15-10-16-27-23(22(18(4)28)24(30)25(27)31)19-11-12-20(29)21(17-19)32-7-3/h11-12,17,23,29-30H,5-10,13-16H2,1-4H3/t23-/m1/s1. The van der Waals surface area contributed by atoms with Crippen LogP contribution >= 0.6 is 0 Å². The van der Waals surface area contributed by atoms with Crippen molar-refractivity contribution in [1.29, 1.82) is 0 Å². The maximum absolute atomic E-state index is 12.9. The molecule has 0 saturated carbocycles. The van der Waals surface area contributed by atoms with E-state index in [0.29, 0.717) is 18.7 Å². The van der Waals surface area contributed by atoms with Gasteiger partial charge in [-0.3, -0.25) is 9.59 Å². The second-order valence-electron chi connectivity index (χ2n) is 8.28. The fourth-order valence-electron chi connectivity index (χ4n) is 4.13. The summed E-state index contributed by atoms with van der Waals surface area (Å²) in [5.41, 5.74) is 0.722. The quantitative estimate of drug-likeness (QED) is 0.441. The molecule has 0 fully saturated rings. The molecule has 7 nitrogen and oxygen atoms in total. The molecular weight excluding hydrogens is 408 g/mol. The fourth-order valence-corrected chi connectivity index (χ4v) is 4.13. The first-order valence-electron chi connectivity index (χ1n) is 11.8. The summed E-state index contributed by atoms with van der Waals surface area (Å²) in [6.45, 7) is 11.2. The summed E-state index contributed by atoms with van der Waals surface area (Å²) in [7, 11) is 0. The lowest BCUT2D eigenvalue weighted by molar-refractivity contribution is -0.129. The number of aliphatic hydroxyl groups excluding tert-OH is 1. The smallest absolute Gasteiger partial charge is 0.290 e. The second kappa shape index (κ2) is 12.5. The number of ketones is 1. The van der Waals surface area contributed by atoms with Crippen LogP contribution in [0.25, 0.3) is 0 Å². The van der Waals surface area contributed by atoms with Gasteiger partial charge < -0.3 is 24.7 Å². The number of hydrogen-bond donors (Lipinski definition) is 2. The van der Waals surface area contributed by atoms with Gasteiger partial charge in [0.2, 0.25) is 0 Å². The van der Waals surface area contributed by atoms with Crippen LogP contribution < -0.4 is 4.74 Å². The van der Waals surface area contributed by atoms with E-state index in [1.807, 2.05) is 6.92 Å². The van der Waals surface area contributed by atoms with Crippen LogP contribution in [-0.4, -0.2) is 64.5 Å². The Hall–Kier alpha value is -2.54. The number of phenolic OH excluding ortho intramolecular Hbond substituents is 1. The molecule has 0 aromatic heterocycles.